The van der Waals surface area contributed by atoms with Crippen LogP contribution in [-0.4, -0.2) is 27.2 Å². The Kier molecular flexibility index (Phi) is 3.57. The third kappa shape index (κ3) is 2.59. The van der Waals surface area contributed by atoms with E-state index < -0.39 is 0 Å². The van der Waals surface area contributed by atoms with Crippen LogP contribution in [-0.2, 0) is 13.5 Å². The summed E-state index contributed by atoms with van der Waals surface area (Å²) in [6, 6.07) is 5.62. The van der Waals surface area contributed by atoms with Crippen LogP contribution in [0.4, 0.5) is 5.69 Å². The van der Waals surface area contributed by atoms with Crippen LogP contribution in [0.3, 0.4) is 0 Å². The number of nitrogens with one attached hydrogen (secondary N) is 1. The van der Waals surface area contributed by atoms with Crippen LogP contribution in [0.2, 0.25) is 0 Å². The highest BCUT2D eigenvalue weighted by Crippen LogP contribution is 2.31. The number of hydrogen-bond donors (Lipinski definition) is 2. The summed E-state index contributed by atoms with van der Waals surface area (Å²) in [4.78, 5) is 17.7. The van der Waals surface area contributed by atoms with Crippen molar-refractivity contribution in [1.82, 2.24) is 20.1 Å². The van der Waals surface area contributed by atoms with Crippen molar-refractivity contribution in [2.24, 2.45) is 7.05 Å². The number of carbonyl (C=O) groups excluding carboxylic acids is 1. The lowest BCUT2D eigenvalue weighted by Gasteiger charge is -2.05. The Morgan fingerprint density at radius 2 is 2.29 bits per heavy atom. The second kappa shape index (κ2) is 5.53. The second-order valence-corrected chi connectivity index (χ2v) is 5.65. The molecule has 21 heavy (non-hydrogen) atoms. The molecule has 0 aromatic carbocycles. The molecule has 0 spiro atoms. The molecule has 0 aliphatic heterocycles. The summed E-state index contributed by atoms with van der Waals surface area (Å²) in [5.41, 5.74) is 7.60. The maximum absolute atomic E-state index is 12.2. The smallest absolute Gasteiger partial charge is 0.263 e. The second-order valence-electron chi connectivity index (χ2n) is 4.65. The number of nitrogen functional groups attached to an aromatic ring is 1. The van der Waals surface area contributed by atoms with Gasteiger partial charge in [0.2, 0.25) is 0 Å². The molecule has 0 bridgehead atoms. The number of carbonyl (C=O) groups is 1. The molecule has 0 unspecified atom stereocenters. The molecule has 108 valence electrons. The van der Waals surface area contributed by atoms with Gasteiger partial charge in [-0.1, -0.05) is 0 Å². The first-order chi connectivity index (χ1) is 10.2. The molecule has 3 rings (SSSR count). The fourth-order valence-corrected chi connectivity index (χ4v) is 3.13. The monoisotopic (exact) mass is 301 g/mol. The third-order valence-electron chi connectivity index (χ3n) is 3.30. The SMILES string of the molecule is Cn1nccc1CCNC(=O)c1sc2ncccc2c1N. The van der Waals surface area contributed by atoms with Gasteiger partial charge in [-0.3, -0.25) is 9.48 Å². The summed E-state index contributed by atoms with van der Waals surface area (Å²) in [5, 5.41) is 7.81. The summed E-state index contributed by atoms with van der Waals surface area (Å²) < 4.78 is 1.80. The van der Waals surface area contributed by atoms with E-state index in [0.717, 1.165) is 22.3 Å². The van der Waals surface area contributed by atoms with Crippen LogP contribution in [0.25, 0.3) is 10.2 Å². The van der Waals surface area contributed by atoms with Crippen LogP contribution in [0.1, 0.15) is 15.4 Å². The number of nitrogens with two attached hydrogens (primary N) is 1. The fraction of sp³-hybridized carbons (Fsp3) is 0.214. The molecular formula is C14H15N5OS. The van der Waals surface area contributed by atoms with Crippen molar-refractivity contribution in [1.29, 1.82) is 0 Å². The van der Waals surface area contributed by atoms with Crippen LogP contribution in [0.15, 0.2) is 30.6 Å². The van der Waals surface area contributed by atoms with E-state index in [1.807, 2.05) is 25.2 Å². The van der Waals surface area contributed by atoms with Crippen LogP contribution in [0, 0.1) is 0 Å². The van der Waals surface area contributed by atoms with E-state index in [-0.39, 0.29) is 5.91 Å². The normalized spacial score (nSPS) is 10.9. The maximum Gasteiger partial charge on any atom is 0.263 e. The van der Waals surface area contributed by atoms with E-state index in [9.17, 15) is 4.79 Å². The number of pyridine rings is 1. The molecule has 7 heteroatoms. The average molecular weight is 301 g/mol. The highest BCUT2D eigenvalue weighted by Gasteiger charge is 2.16. The van der Waals surface area contributed by atoms with E-state index in [0.29, 0.717) is 17.1 Å². The zero-order valence-electron chi connectivity index (χ0n) is 11.5. The lowest BCUT2D eigenvalue weighted by Crippen LogP contribution is -2.26. The average Bonchev–Trinajstić information content (AvgIpc) is 3.04. The van der Waals surface area contributed by atoms with Crippen molar-refractivity contribution in [2.75, 3.05) is 12.3 Å². The van der Waals surface area contributed by atoms with Gasteiger partial charge in [0, 0.05) is 43.5 Å². The highest BCUT2D eigenvalue weighted by molar-refractivity contribution is 7.21. The van der Waals surface area contributed by atoms with Gasteiger partial charge in [0.15, 0.2) is 0 Å². The Labute approximate surface area is 125 Å². The molecule has 0 fully saturated rings. The van der Waals surface area contributed by atoms with E-state index >= 15 is 0 Å². The van der Waals surface area contributed by atoms with Crippen molar-refractivity contribution < 1.29 is 4.79 Å². The largest absolute Gasteiger partial charge is 0.397 e. The van der Waals surface area contributed by atoms with Gasteiger partial charge < -0.3 is 11.1 Å². The quantitative estimate of drug-likeness (QED) is 0.766. The van der Waals surface area contributed by atoms with Crippen molar-refractivity contribution >= 4 is 33.1 Å². The number of rotatable bonds is 4. The molecule has 0 aliphatic rings. The highest BCUT2D eigenvalue weighted by atomic mass is 32.1. The van der Waals surface area contributed by atoms with Crippen LogP contribution in [0.5, 0.6) is 0 Å². The first-order valence-electron chi connectivity index (χ1n) is 6.55. The Balaban J connectivity index is 1.70. The number of aromatic nitrogens is 3. The zero-order chi connectivity index (χ0) is 14.8. The van der Waals surface area contributed by atoms with E-state index in [4.69, 9.17) is 5.73 Å². The summed E-state index contributed by atoms with van der Waals surface area (Å²) in [5.74, 6) is -0.155. The predicted octanol–water partition coefficient (Wildman–Crippen LogP) is 1.58. The molecule has 0 atom stereocenters. The molecular weight excluding hydrogens is 286 g/mol. The standard InChI is InChI=1S/C14H15N5OS/c1-19-9(5-8-18-19)4-7-16-13(20)12-11(15)10-3-2-6-17-14(10)21-12/h2-3,5-6,8H,4,7,15H2,1H3,(H,16,20). The molecule has 0 saturated carbocycles. The number of nitrogens with zero attached hydrogens (tertiary/aromatic N) is 3. The maximum atomic E-state index is 12.2. The van der Waals surface area contributed by atoms with Crippen molar-refractivity contribution in [3.05, 3.63) is 41.2 Å². The zero-order valence-corrected chi connectivity index (χ0v) is 12.4. The van der Waals surface area contributed by atoms with Crippen molar-refractivity contribution in [3.63, 3.8) is 0 Å². The van der Waals surface area contributed by atoms with Gasteiger partial charge in [-0.15, -0.1) is 11.3 Å². The Bertz CT molecular complexity index is 792. The molecule has 6 nitrogen and oxygen atoms in total. The predicted molar refractivity (Wildman–Crippen MR) is 83.3 cm³/mol. The van der Waals surface area contributed by atoms with Gasteiger partial charge in [-0.2, -0.15) is 5.10 Å². The van der Waals surface area contributed by atoms with Gasteiger partial charge >= 0.3 is 0 Å². The van der Waals surface area contributed by atoms with Gasteiger partial charge in [0.05, 0.1) is 5.69 Å². The first kappa shape index (κ1) is 13.6. The molecule has 1 amide bonds. The minimum absolute atomic E-state index is 0.155. The van der Waals surface area contributed by atoms with Gasteiger partial charge in [-0.25, -0.2) is 4.98 Å². The van der Waals surface area contributed by atoms with Gasteiger partial charge in [-0.05, 0) is 18.2 Å². The Morgan fingerprint density at radius 3 is 3.00 bits per heavy atom. The Hall–Kier alpha value is -2.41. The van der Waals surface area contributed by atoms with Gasteiger partial charge in [0.1, 0.15) is 9.71 Å². The molecule has 0 aliphatic carbocycles. The molecule has 3 N–H and O–H groups in total. The fourth-order valence-electron chi connectivity index (χ4n) is 2.15. The number of amides is 1. The van der Waals surface area contributed by atoms with E-state index in [2.05, 4.69) is 15.4 Å². The lowest BCUT2D eigenvalue weighted by molar-refractivity contribution is 0.0959. The summed E-state index contributed by atoms with van der Waals surface area (Å²) >= 11 is 1.32. The number of anilines is 1. The Morgan fingerprint density at radius 1 is 1.43 bits per heavy atom. The number of thiophene rings is 1. The van der Waals surface area contributed by atoms with Gasteiger partial charge in [0.25, 0.3) is 5.91 Å². The first-order valence-corrected chi connectivity index (χ1v) is 7.36. The lowest BCUT2D eigenvalue weighted by atomic mass is 10.2. The summed E-state index contributed by atoms with van der Waals surface area (Å²) in [7, 11) is 1.88. The topological polar surface area (TPSA) is 85.8 Å². The molecule has 3 aromatic heterocycles. The number of fused-ring (bicyclic) bond motifs is 1. The summed E-state index contributed by atoms with van der Waals surface area (Å²) in [6.07, 6.45) is 4.17. The number of aryl methyl sites for hydroxylation is 1. The molecule has 0 saturated heterocycles. The summed E-state index contributed by atoms with van der Waals surface area (Å²) in [6.45, 7) is 0.541. The molecule has 3 aromatic rings. The third-order valence-corrected chi connectivity index (χ3v) is 4.43. The minimum atomic E-state index is -0.155. The minimum Gasteiger partial charge on any atom is -0.397 e. The molecule has 0 radical (unpaired) electrons. The van der Waals surface area contributed by atoms with Crippen LogP contribution >= 0.6 is 11.3 Å². The van der Waals surface area contributed by atoms with E-state index in [1.165, 1.54) is 11.3 Å². The van der Waals surface area contributed by atoms with Crippen LogP contribution < -0.4 is 11.1 Å². The molecule has 3 heterocycles. The number of hydrogen-bond acceptors (Lipinski definition) is 5. The van der Waals surface area contributed by atoms with E-state index in [1.54, 1.807) is 17.1 Å². The van der Waals surface area contributed by atoms with Crippen molar-refractivity contribution in [3.8, 4) is 0 Å². The van der Waals surface area contributed by atoms with Crippen molar-refractivity contribution in [2.45, 2.75) is 6.42 Å².